The number of aliphatic carboxylic acids is 1. The topological polar surface area (TPSA) is 88.8 Å². The summed E-state index contributed by atoms with van der Waals surface area (Å²) >= 11 is 0. The second-order valence-corrected chi connectivity index (χ2v) is 5.16. The van der Waals surface area contributed by atoms with Gasteiger partial charge < -0.3 is 23.8 Å². The molecule has 0 atom stereocenters. The third kappa shape index (κ3) is 3.38. The first-order valence-corrected chi connectivity index (χ1v) is 7.15. The summed E-state index contributed by atoms with van der Waals surface area (Å²) < 4.78 is 16.0. The Morgan fingerprint density at radius 2 is 1.83 bits per heavy atom. The minimum absolute atomic E-state index is 0.0646. The third-order valence-electron chi connectivity index (χ3n) is 3.32. The van der Waals surface area contributed by atoms with E-state index in [9.17, 15) is 14.7 Å². The van der Waals surface area contributed by atoms with Crippen molar-refractivity contribution in [1.29, 1.82) is 0 Å². The zero-order chi connectivity index (χ0) is 17.1. The molecule has 0 bridgehead atoms. The van der Waals surface area contributed by atoms with Gasteiger partial charge in [0.2, 0.25) is 11.2 Å². The fourth-order valence-corrected chi connectivity index (χ4v) is 2.13. The number of rotatable bonds is 5. The fraction of sp³-hybridized carbons (Fsp3) is 0.111. The number of ether oxygens (including phenoxy) is 2. The molecule has 24 heavy (non-hydrogen) atoms. The molecule has 0 aliphatic carbocycles. The minimum Gasteiger partial charge on any atom is -0.546 e. The number of fused-ring (bicyclic) bond motifs is 1. The molecule has 0 aliphatic heterocycles. The fourth-order valence-electron chi connectivity index (χ4n) is 2.13. The highest BCUT2D eigenvalue weighted by atomic mass is 16.5. The zero-order valence-corrected chi connectivity index (χ0v) is 12.8. The van der Waals surface area contributed by atoms with Crippen LogP contribution in [-0.4, -0.2) is 12.6 Å². The lowest BCUT2D eigenvalue weighted by Crippen LogP contribution is -2.28. The van der Waals surface area contributed by atoms with Crippen molar-refractivity contribution in [2.24, 2.45) is 0 Å². The highest BCUT2D eigenvalue weighted by molar-refractivity contribution is 5.79. The summed E-state index contributed by atoms with van der Waals surface area (Å²) in [6.07, 6.45) is 1.22. The number of carbonyl (C=O) groups is 1. The molecular formula is C18H13O6-. The Balaban J connectivity index is 1.90. The van der Waals surface area contributed by atoms with Gasteiger partial charge >= 0.3 is 0 Å². The molecule has 0 unspecified atom stereocenters. The maximum absolute atomic E-state index is 12.4. The van der Waals surface area contributed by atoms with E-state index in [-0.39, 0.29) is 22.5 Å². The van der Waals surface area contributed by atoms with Gasteiger partial charge in [-0.1, -0.05) is 17.7 Å². The van der Waals surface area contributed by atoms with E-state index in [4.69, 9.17) is 13.9 Å². The van der Waals surface area contributed by atoms with Gasteiger partial charge in [0.1, 0.15) is 30.0 Å². The standard InChI is InChI=1S/C18H14O6/c1-11-2-4-12(5-3-11)24-16-9-23-15-8-13(22-10-17(19)20)6-7-14(15)18(16)21/h2-9H,10H2,1H3,(H,19,20)/p-1. The van der Waals surface area contributed by atoms with Crippen LogP contribution in [0.25, 0.3) is 11.0 Å². The molecule has 2 aromatic carbocycles. The summed E-state index contributed by atoms with van der Waals surface area (Å²) in [5.41, 5.74) is 1.02. The Hall–Kier alpha value is -3.28. The van der Waals surface area contributed by atoms with Gasteiger partial charge in [0, 0.05) is 6.07 Å². The number of hydrogen-bond donors (Lipinski definition) is 0. The van der Waals surface area contributed by atoms with Gasteiger partial charge in [0.25, 0.3) is 0 Å². The predicted octanol–water partition coefficient (Wildman–Crippen LogP) is 2.02. The van der Waals surface area contributed by atoms with Crippen LogP contribution in [0.3, 0.4) is 0 Å². The molecule has 0 aliphatic rings. The Labute approximate surface area is 136 Å². The summed E-state index contributed by atoms with van der Waals surface area (Å²) in [5.74, 6) is -0.476. The molecule has 0 N–H and O–H groups in total. The second kappa shape index (κ2) is 6.45. The van der Waals surface area contributed by atoms with Gasteiger partial charge in [-0.2, -0.15) is 0 Å². The highest BCUT2D eigenvalue weighted by Gasteiger charge is 2.10. The van der Waals surface area contributed by atoms with Crippen molar-refractivity contribution in [2.75, 3.05) is 6.61 Å². The molecule has 6 nitrogen and oxygen atoms in total. The SMILES string of the molecule is Cc1ccc(Oc2coc3cc(OCC(=O)[O-])ccc3c2=O)cc1. The van der Waals surface area contributed by atoms with E-state index in [1.54, 1.807) is 12.1 Å². The Bertz CT molecular complexity index is 940. The normalized spacial score (nSPS) is 10.5. The van der Waals surface area contributed by atoms with E-state index >= 15 is 0 Å². The van der Waals surface area contributed by atoms with Gasteiger partial charge in [0.05, 0.1) is 11.4 Å². The molecule has 0 amide bonds. The van der Waals surface area contributed by atoms with Crippen LogP contribution in [-0.2, 0) is 4.79 Å². The lowest BCUT2D eigenvalue weighted by molar-refractivity contribution is -0.307. The average molecular weight is 325 g/mol. The maximum atomic E-state index is 12.4. The molecule has 0 saturated carbocycles. The number of carbonyl (C=O) groups excluding carboxylic acids is 1. The van der Waals surface area contributed by atoms with Crippen LogP contribution < -0.4 is 20.0 Å². The second-order valence-electron chi connectivity index (χ2n) is 5.16. The van der Waals surface area contributed by atoms with E-state index in [1.807, 2.05) is 19.1 Å². The average Bonchev–Trinajstić information content (AvgIpc) is 2.57. The summed E-state index contributed by atoms with van der Waals surface area (Å²) in [6.45, 7) is 1.37. The number of benzene rings is 2. The van der Waals surface area contributed by atoms with Crippen molar-refractivity contribution in [2.45, 2.75) is 6.92 Å². The van der Waals surface area contributed by atoms with Gasteiger partial charge in [0.15, 0.2) is 0 Å². The van der Waals surface area contributed by atoms with Gasteiger partial charge in [-0.3, -0.25) is 4.79 Å². The van der Waals surface area contributed by atoms with E-state index in [0.717, 1.165) is 5.56 Å². The van der Waals surface area contributed by atoms with Crippen molar-refractivity contribution in [3.8, 4) is 17.2 Å². The molecule has 0 radical (unpaired) electrons. The number of carboxylic acids is 1. The van der Waals surface area contributed by atoms with E-state index in [2.05, 4.69) is 0 Å². The smallest absolute Gasteiger partial charge is 0.235 e. The summed E-state index contributed by atoms with van der Waals surface area (Å²) in [4.78, 5) is 22.9. The van der Waals surface area contributed by atoms with Gasteiger partial charge in [-0.15, -0.1) is 0 Å². The van der Waals surface area contributed by atoms with E-state index in [1.165, 1.54) is 24.5 Å². The van der Waals surface area contributed by atoms with Crippen molar-refractivity contribution in [1.82, 2.24) is 0 Å². The van der Waals surface area contributed by atoms with Crippen LogP contribution in [0.2, 0.25) is 0 Å². The molecule has 122 valence electrons. The Morgan fingerprint density at radius 1 is 1.12 bits per heavy atom. The molecule has 1 aromatic heterocycles. The summed E-state index contributed by atoms with van der Waals surface area (Å²) in [7, 11) is 0. The quantitative estimate of drug-likeness (QED) is 0.713. The lowest BCUT2D eigenvalue weighted by atomic mass is 10.2. The Kier molecular flexibility index (Phi) is 4.20. The number of carboxylic acid groups (broad SMARTS) is 1. The van der Waals surface area contributed by atoms with E-state index < -0.39 is 12.6 Å². The first-order valence-electron chi connectivity index (χ1n) is 7.15. The molecule has 3 rings (SSSR count). The summed E-state index contributed by atoms with van der Waals surface area (Å²) in [6, 6.07) is 11.7. The van der Waals surface area contributed by atoms with Crippen LogP contribution in [0.1, 0.15) is 5.56 Å². The highest BCUT2D eigenvalue weighted by Crippen LogP contribution is 2.24. The number of aryl methyl sites for hydroxylation is 1. The monoisotopic (exact) mass is 325 g/mol. The van der Waals surface area contributed by atoms with Crippen LogP contribution in [0.4, 0.5) is 0 Å². The maximum Gasteiger partial charge on any atom is 0.235 e. The lowest BCUT2D eigenvalue weighted by Gasteiger charge is -2.08. The van der Waals surface area contributed by atoms with Crippen LogP contribution in [0.5, 0.6) is 17.2 Å². The summed E-state index contributed by atoms with van der Waals surface area (Å²) in [5, 5.41) is 10.7. The molecule has 0 fully saturated rings. The van der Waals surface area contributed by atoms with Crippen LogP contribution in [0, 0.1) is 6.92 Å². The third-order valence-corrected chi connectivity index (χ3v) is 3.32. The van der Waals surface area contributed by atoms with Gasteiger partial charge in [-0.25, -0.2) is 0 Å². The zero-order valence-electron chi connectivity index (χ0n) is 12.8. The predicted molar refractivity (Wildman–Crippen MR) is 84.2 cm³/mol. The van der Waals surface area contributed by atoms with Crippen molar-refractivity contribution >= 4 is 16.9 Å². The molecule has 1 heterocycles. The molecule has 0 spiro atoms. The van der Waals surface area contributed by atoms with E-state index in [0.29, 0.717) is 11.1 Å². The van der Waals surface area contributed by atoms with Crippen molar-refractivity contribution in [3.63, 3.8) is 0 Å². The van der Waals surface area contributed by atoms with Crippen LogP contribution in [0.15, 0.2) is 57.9 Å². The molecule has 0 saturated heterocycles. The first kappa shape index (κ1) is 15.6. The molecule has 3 aromatic rings. The van der Waals surface area contributed by atoms with Crippen molar-refractivity contribution in [3.05, 3.63) is 64.5 Å². The minimum atomic E-state index is -1.33. The van der Waals surface area contributed by atoms with Crippen molar-refractivity contribution < 1.29 is 23.8 Å². The number of hydrogen-bond acceptors (Lipinski definition) is 6. The largest absolute Gasteiger partial charge is 0.546 e. The Morgan fingerprint density at radius 3 is 2.54 bits per heavy atom. The molecule has 6 heteroatoms. The molecular weight excluding hydrogens is 312 g/mol. The van der Waals surface area contributed by atoms with Gasteiger partial charge in [-0.05, 0) is 31.2 Å². The first-order chi connectivity index (χ1) is 11.5. The van der Waals surface area contributed by atoms with Crippen LogP contribution >= 0.6 is 0 Å².